The van der Waals surface area contributed by atoms with Crippen molar-refractivity contribution in [1.82, 2.24) is 24.9 Å². The van der Waals surface area contributed by atoms with Gasteiger partial charge in [-0.15, -0.1) is 10.2 Å². The zero-order chi connectivity index (χ0) is 19.5. The van der Waals surface area contributed by atoms with Crippen molar-refractivity contribution in [3.63, 3.8) is 0 Å². The van der Waals surface area contributed by atoms with E-state index in [1.807, 2.05) is 30.3 Å². The third kappa shape index (κ3) is 3.76. The van der Waals surface area contributed by atoms with Crippen molar-refractivity contribution >= 4 is 17.7 Å². The van der Waals surface area contributed by atoms with Gasteiger partial charge in [0.1, 0.15) is 0 Å². The van der Waals surface area contributed by atoms with Crippen LogP contribution in [-0.4, -0.2) is 51.2 Å². The number of hydrogen-bond donors (Lipinski definition) is 0. The van der Waals surface area contributed by atoms with Gasteiger partial charge in [-0.05, 0) is 24.3 Å². The number of rotatable bonds is 6. The summed E-state index contributed by atoms with van der Waals surface area (Å²) in [6.45, 7) is 2.93. The molecular formula is C19H18N6O3S. The predicted octanol–water partition coefficient (Wildman–Crippen LogP) is 3.04. The van der Waals surface area contributed by atoms with E-state index < -0.39 is 0 Å². The van der Waals surface area contributed by atoms with Crippen LogP contribution in [0, 0.1) is 0 Å². The quantitative estimate of drug-likeness (QED) is 0.444. The normalized spacial score (nSPS) is 14.4. The number of anilines is 1. The van der Waals surface area contributed by atoms with E-state index in [1.54, 1.807) is 18.4 Å². The van der Waals surface area contributed by atoms with Crippen LogP contribution in [0.2, 0.25) is 0 Å². The Kier molecular flexibility index (Phi) is 5.01. The van der Waals surface area contributed by atoms with Crippen molar-refractivity contribution in [2.45, 2.75) is 10.9 Å². The summed E-state index contributed by atoms with van der Waals surface area (Å²) in [7, 11) is 0. The number of thioether (sulfide) groups is 1. The average molecular weight is 410 g/mol. The van der Waals surface area contributed by atoms with Gasteiger partial charge in [0.2, 0.25) is 17.7 Å². The lowest BCUT2D eigenvalue weighted by Gasteiger charge is -2.27. The molecule has 5 rings (SSSR count). The molecule has 1 saturated heterocycles. The molecule has 148 valence electrons. The summed E-state index contributed by atoms with van der Waals surface area (Å²) in [5.74, 6) is 2.79. The topological polar surface area (TPSA) is 95.2 Å². The SMILES string of the molecule is c1ccc(-n2c(SCc3nc(-c4ccco4)no3)nnc2N2CCOCC2)cc1. The maximum absolute atomic E-state index is 5.47. The van der Waals surface area contributed by atoms with Gasteiger partial charge in [0.25, 0.3) is 0 Å². The zero-order valence-electron chi connectivity index (χ0n) is 15.5. The van der Waals surface area contributed by atoms with Gasteiger partial charge >= 0.3 is 0 Å². The monoisotopic (exact) mass is 410 g/mol. The second-order valence-electron chi connectivity index (χ2n) is 6.33. The Morgan fingerprint density at radius 3 is 2.66 bits per heavy atom. The highest BCUT2D eigenvalue weighted by molar-refractivity contribution is 7.98. The molecule has 1 aliphatic rings. The van der Waals surface area contributed by atoms with Gasteiger partial charge in [-0.2, -0.15) is 4.98 Å². The highest BCUT2D eigenvalue weighted by Crippen LogP contribution is 2.29. The molecular weight excluding hydrogens is 392 g/mol. The van der Waals surface area contributed by atoms with Crippen LogP contribution >= 0.6 is 11.8 Å². The van der Waals surface area contributed by atoms with E-state index in [0.717, 1.165) is 29.9 Å². The average Bonchev–Trinajstić information content (AvgIpc) is 3.54. The Labute approximate surface area is 170 Å². The van der Waals surface area contributed by atoms with Crippen molar-refractivity contribution in [2.75, 3.05) is 31.2 Å². The molecule has 0 saturated carbocycles. The number of nitrogens with zero attached hydrogens (tertiary/aromatic N) is 6. The number of benzene rings is 1. The van der Waals surface area contributed by atoms with Gasteiger partial charge in [0.15, 0.2) is 10.9 Å². The van der Waals surface area contributed by atoms with Crippen molar-refractivity contribution < 1.29 is 13.7 Å². The molecule has 0 amide bonds. The molecule has 3 aromatic heterocycles. The van der Waals surface area contributed by atoms with Crippen molar-refractivity contribution in [3.05, 3.63) is 54.6 Å². The molecule has 0 spiro atoms. The van der Waals surface area contributed by atoms with Crippen molar-refractivity contribution in [2.24, 2.45) is 0 Å². The van der Waals surface area contributed by atoms with E-state index in [1.165, 1.54) is 11.8 Å². The van der Waals surface area contributed by atoms with Crippen LogP contribution in [0.25, 0.3) is 17.3 Å². The minimum atomic E-state index is 0.434. The van der Waals surface area contributed by atoms with E-state index in [2.05, 4.69) is 29.8 Å². The molecule has 0 atom stereocenters. The summed E-state index contributed by atoms with van der Waals surface area (Å²) in [6, 6.07) is 13.7. The first kappa shape index (κ1) is 18.0. The Morgan fingerprint density at radius 1 is 1.00 bits per heavy atom. The smallest absolute Gasteiger partial charge is 0.238 e. The van der Waals surface area contributed by atoms with Crippen LogP contribution in [0.3, 0.4) is 0 Å². The standard InChI is InChI=1S/C19H18N6O3S/c1-2-5-14(6-3-1)25-18(24-8-11-26-12-9-24)21-22-19(25)29-13-16-20-17(23-28-16)15-7-4-10-27-15/h1-7,10H,8-9,11-13H2. The summed E-state index contributed by atoms with van der Waals surface area (Å²) in [4.78, 5) is 6.58. The van der Waals surface area contributed by atoms with E-state index in [-0.39, 0.29) is 0 Å². The molecule has 1 fully saturated rings. The molecule has 4 heterocycles. The third-order valence-electron chi connectivity index (χ3n) is 4.46. The summed E-state index contributed by atoms with van der Waals surface area (Å²) in [6.07, 6.45) is 1.58. The van der Waals surface area contributed by atoms with Gasteiger partial charge in [-0.25, -0.2) is 0 Å². The fraction of sp³-hybridized carbons (Fsp3) is 0.263. The van der Waals surface area contributed by atoms with Crippen LogP contribution in [-0.2, 0) is 10.5 Å². The van der Waals surface area contributed by atoms with Crippen LogP contribution < -0.4 is 4.90 Å². The maximum atomic E-state index is 5.47. The highest BCUT2D eigenvalue weighted by atomic mass is 32.2. The molecule has 0 N–H and O–H groups in total. The summed E-state index contributed by atoms with van der Waals surface area (Å²) < 4.78 is 18.2. The molecule has 1 aromatic carbocycles. The van der Waals surface area contributed by atoms with Crippen molar-refractivity contribution in [1.29, 1.82) is 0 Å². The van der Waals surface area contributed by atoms with E-state index in [4.69, 9.17) is 13.7 Å². The first-order chi connectivity index (χ1) is 14.4. The molecule has 10 heteroatoms. The maximum Gasteiger partial charge on any atom is 0.238 e. The number of hydrogen-bond acceptors (Lipinski definition) is 9. The molecule has 9 nitrogen and oxygen atoms in total. The van der Waals surface area contributed by atoms with Crippen LogP contribution in [0.1, 0.15) is 5.89 Å². The van der Waals surface area contributed by atoms with Gasteiger partial charge in [-0.1, -0.05) is 35.1 Å². The van der Waals surface area contributed by atoms with Gasteiger partial charge in [0.05, 0.1) is 30.9 Å². The zero-order valence-corrected chi connectivity index (χ0v) is 16.3. The second kappa shape index (κ2) is 8.10. The Morgan fingerprint density at radius 2 is 1.86 bits per heavy atom. The largest absolute Gasteiger partial charge is 0.461 e. The number of para-hydroxylation sites is 1. The highest BCUT2D eigenvalue weighted by Gasteiger charge is 2.22. The Hall–Kier alpha value is -3.11. The molecule has 1 aliphatic heterocycles. The fourth-order valence-electron chi connectivity index (χ4n) is 3.07. The number of furan rings is 1. The van der Waals surface area contributed by atoms with Crippen molar-refractivity contribution in [3.8, 4) is 17.3 Å². The third-order valence-corrected chi connectivity index (χ3v) is 5.37. The minimum Gasteiger partial charge on any atom is -0.461 e. The lowest BCUT2D eigenvalue weighted by atomic mass is 10.3. The molecule has 0 radical (unpaired) electrons. The second-order valence-corrected chi connectivity index (χ2v) is 7.27. The van der Waals surface area contributed by atoms with E-state index in [0.29, 0.717) is 36.4 Å². The molecule has 0 unspecified atom stereocenters. The number of ether oxygens (including phenoxy) is 1. The van der Waals surface area contributed by atoms with Gasteiger partial charge < -0.3 is 18.6 Å². The Balaban J connectivity index is 1.40. The van der Waals surface area contributed by atoms with Gasteiger partial charge in [0, 0.05) is 13.1 Å². The first-order valence-corrected chi connectivity index (χ1v) is 10.2. The summed E-state index contributed by atoms with van der Waals surface area (Å²) in [5, 5.41) is 13.6. The minimum absolute atomic E-state index is 0.434. The van der Waals surface area contributed by atoms with Gasteiger partial charge in [-0.3, -0.25) is 4.57 Å². The van der Waals surface area contributed by atoms with E-state index in [9.17, 15) is 0 Å². The lowest BCUT2D eigenvalue weighted by molar-refractivity contribution is 0.122. The Bertz CT molecular complexity index is 1060. The number of morpholine rings is 1. The summed E-state index contributed by atoms with van der Waals surface area (Å²) >= 11 is 1.49. The molecule has 0 bridgehead atoms. The molecule has 29 heavy (non-hydrogen) atoms. The lowest BCUT2D eigenvalue weighted by Crippen LogP contribution is -2.37. The molecule has 0 aliphatic carbocycles. The predicted molar refractivity (Wildman–Crippen MR) is 106 cm³/mol. The first-order valence-electron chi connectivity index (χ1n) is 9.21. The van der Waals surface area contributed by atoms with Crippen LogP contribution in [0.5, 0.6) is 0 Å². The number of aromatic nitrogens is 5. The van der Waals surface area contributed by atoms with Crippen LogP contribution in [0.4, 0.5) is 5.95 Å². The van der Waals surface area contributed by atoms with Crippen LogP contribution in [0.15, 0.2) is 62.8 Å². The fourth-order valence-corrected chi connectivity index (χ4v) is 3.86. The molecule has 4 aromatic rings. The van der Waals surface area contributed by atoms with E-state index >= 15 is 0 Å². The summed E-state index contributed by atoms with van der Waals surface area (Å²) in [5.41, 5.74) is 1.00.